The molecular weight excluding hydrogens is 359 g/mol. The number of morpholine rings is 1. The molecule has 1 atom stereocenters. The van der Waals surface area contributed by atoms with E-state index in [4.69, 9.17) is 4.74 Å². The van der Waals surface area contributed by atoms with E-state index in [2.05, 4.69) is 10.4 Å². The van der Waals surface area contributed by atoms with E-state index in [0.717, 1.165) is 30.4 Å². The lowest BCUT2D eigenvalue weighted by atomic mass is 9.64. The van der Waals surface area contributed by atoms with Crippen LogP contribution in [0.5, 0.6) is 0 Å². The number of hydrogen-bond acceptors (Lipinski definition) is 3. The molecule has 0 bridgehead atoms. The topological polar surface area (TPSA) is 59.4 Å². The van der Waals surface area contributed by atoms with Crippen LogP contribution in [0.2, 0.25) is 0 Å². The number of carbonyl (C=O) groups is 1. The first-order valence-corrected chi connectivity index (χ1v) is 9.94. The van der Waals surface area contributed by atoms with E-state index < -0.39 is 0 Å². The van der Waals surface area contributed by atoms with Gasteiger partial charge >= 0.3 is 6.03 Å². The molecule has 2 heterocycles. The smallest absolute Gasteiger partial charge is 0.317 e. The summed E-state index contributed by atoms with van der Waals surface area (Å²) in [5.41, 5.74) is 2.15. The fraction of sp³-hybridized carbons (Fsp3) is 0.524. The van der Waals surface area contributed by atoms with Crippen LogP contribution in [-0.2, 0) is 16.7 Å². The highest BCUT2D eigenvalue weighted by Crippen LogP contribution is 2.43. The van der Waals surface area contributed by atoms with Gasteiger partial charge in [-0.2, -0.15) is 5.10 Å². The van der Waals surface area contributed by atoms with Crippen molar-refractivity contribution in [3.63, 3.8) is 0 Å². The number of benzene rings is 1. The Kier molecular flexibility index (Phi) is 5.35. The number of aryl methyl sites for hydroxylation is 1. The van der Waals surface area contributed by atoms with Crippen molar-refractivity contribution in [1.29, 1.82) is 0 Å². The predicted molar refractivity (Wildman–Crippen MR) is 104 cm³/mol. The van der Waals surface area contributed by atoms with Gasteiger partial charge in [-0.05, 0) is 43.0 Å². The average molecular weight is 386 g/mol. The van der Waals surface area contributed by atoms with Crippen LogP contribution in [0, 0.1) is 12.7 Å². The summed E-state index contributed by atoms with van der Waals surface area (Å²) in [7, 11) is 0. The molecule has 4 rings (SSSR count). The Morgan fingerprint density at radius 1 is 1.36 bits per heavy atom. The first kappa shape index (κ1) is 18.9. The lowest BCUT2D eigenvalue weighted by Gasteiger charge is -2.43. The molecule has 7 heteroatoms. The molecular formula is C21H27FN4O2. The first-order chi connectivity index (χ1) is 13.5. The van der Waals surface area contributed by atoms with E-state index in [9.17, 15) is 9.18 Å². The zero-order chi connectivity index (χ0) is 19.6. The average Bonchev–Trinajstić information content (AvgIpc) is 3.07. The maximum Gasteiger partial charge on any atom is 0.317 e. The number of nitrogens with zero attached hydrogens (tertiary/aromatic N) is 3. The van der Waals surface area contributed by atoms with E-state index in [1.165, 1.54) is 12.1 Å². The number of ether oxygens (including phenoxy) is 1. The maximum atomic E-state index is 13.3. The molecule has 0 spiro atoms. The fourth-order valence-electron chi connectivity index (χ4n) is 4.12. The van der Waals surface area contributed by atoms with Gasteiger partial charge in [-0.15, -0.1) is 0 Å². The first-order valence-electron chi connectivity index (χ1n) is 9.94. The van der Waals surface area contributed by atoms with Gasteiger partial charge in [0, 0.05) is 24.7 Å². The van der Waals surface area contributed by atoms with E-state index >= 15 is 0 Å². The number of hydrogen-bond donors (Lipinski definition) is 1. The summed E-state index contributed by atoms with van der Waals surface area (Å²) in [5, 5.41) is 7.41. The zero-order valence-electron chi connectivity index (χ0n) is 16.2. The zero-order valence-corrected chi connectivity index (χ0v) is 16.2. The number of urea groups is 1. The summed E-state index contributed by atoms with van der Waals surface area (Å²) in [4.78, 5) is 14.6. The highest BCUT2D eigenvalue weighted by molar-refractivity contribution is 5.74. The van der Waals surface area contributed by atoms with E-state index in [0.29, 0.717) is 32.8 Å². The third-order valence-electron chi connectivity index (χ3n) is 5.92. The molecule has 28 heavy (non-hydrogen) atoms. The van der Waals surface area contributed by atoms with Gasteiger partial charge in [-0.1, -0.05) is 18.6 Å². The van der Waals surface area contributed by atoms with Crippen molar-refractivity contribution in [2.24, 2.45) is 0 Å². The van der Waals surface area contributed by atoms with Crippen molar-refractivity contribution >= 4 is 6.03 Å². The number of nitrogens with one attached hydrogen (secondary N) is 1. The molecule has 1 saturated carbocycles. The molecule has 0 radical (unpaired) electrons. The van der Waals surface area contributed by atoms with Crippen molar-refractivity contribution < 1.29 is 13.9 Å². The SMILES string of the molecule is Cc1cnn(CC2CN(C(=O)NCC3(c4ccc(F)cc4)CCC3)CCO2)c1. The third-order valence-corrected chi connectivity index (χ3v) is 5.92. The molecule has 2 aromatic rings. The lowest BCUT2D eigenvalue weighted by Crippen LogP contribution is -2.53. The second kappa shape index (κ2) is 7.91. The Labute approximate surface area is 164 Å². The van der Waals surface area contributed by atoms with Gasteiger partial charge in [-0.3, -0.25) is 4.68 Å². The highest BCUT2D eigenvalue weighted by Gasteiger charge is 2.39. The minimum atomic E-state index is -0.228. The summed E-state index contributed by atoms with van der Waals surface area (Å²) < 4.78 is 20.9. The summed E-state index contributed by atoms with van der Waals surface area (Å²) in [5.74, 6) is -0.228. The van der Waals surface area contributed by atoms with Gasteiger partial charge in [0.05, 0.1) is 32.0 Å². The van der Waals surface area contributed by atoms with Crippen molar-refractivity contribution in [2.45, 2.75) is 44.2 Å². The Morgan fingerprint density at radius 3 is 2.79 bits per heavy atom. The summed E-state index contributed by atoms with van der Waals surface area (Å²) in [6, 6.07) is 6.63. The van der Waals surface area contributed by atoms with Gasteiger partial charge < -0.3 is 15.0 Å². The van der Waals surface area contributed by atoms with Crippen LogP contribution in [0.4, 0.5) is 9.18 Å². The van der Waals surface area contributed by atoms with E-state index in [1.807, 2.05) is 41.0 Å². The Bertz CT molecular complexity index is 816. The number of halogens is 1. The standard InChI is InChI=1S/C21H27FN4O2/c1-16-11-24-26(12-16)14-19-13-25(9-10-28-19)20(27)23-15-21(7-2-8-21)17-3-5-18(22)6-4-17/h3-6,11-12,19H,2,7-10,13-15H2,1H3,(H,23,27). The number of amides is 2. The van der Waals surface area contributed by atoms with Crippen molar-refractivity contribution in [3.8, 4) is 0 Å². The van der Waals surface area contributed by atoms with Crippen LogP contribution in [0.1, 0.15) is 30.4 Å². The van der Waals surface area contributed by atoms with Gasteiger partial charge in [0.2, 0.25) is 0 Å². The summed E-state index contributed by atoms with van der Waals surface area (Å²) in [6.07, 6.45) is 6.91. The highest BCUT2D eigenvalue weighted by atomic mass is 19.1. The fourth-order valence-corrected chi connectivity index (χ4v) is 4.12. The van der Waals surface area contributed by atoms with Crippen molar-refractivity contribution in [3.05, 3.63) is 53.6 Å². The molecule has 2 aliphatic rings. The van der Waals surface area contributed by atoms with E-state index in [1.54, 1.807) is 0 Å². The van der Waals surface area contributed by atoms with Crippen LogP contribution < -0.4 is 5.32 Å². The summed E-state index contributed by atoms with van der Waals surface area (Å²) >= 11 is 0. The number of aromatic nitrogens is 2. The quantitative estimate of drug-likeness (QED) is 0.860. The van der Waals surface area contributed by atoms with Crippen LogP contribution in [0.15, 0.2) is 36.7 Å². The van der Waals surface area contributed by atoms with Gasteiger partial charge in [0.1, 0.15) is 5.82 Å². The predicted octanol–water partition coefficient (Wildman–Crippen LogP) is 2.86. The molecule has 1 aliphatic carbocycles. The molecule has 1 aromatic heterocycles. The van der Waals surface area contributed by atoms with Crippen LogP contribution in [0.25, 0.3) is 0 Å². The monoisotopic (exact) mass is 386 g/mol. The Hall–Kier alpha value is -2.41. The van der Waals surface area contributed by atoms with E-state index in [-0.39, 0.29) is 23.4 Å². The second-order valence-corrected chi connectivity index (χ2v) is 7.98. The number of rotatable bonds is 5. The Morgan fingerprint density at radius 2 is 2.14 bits per heavy atom. The lowest BCUT2D eigenvalue weighted by molar-refractivity contribution is -0.0240. The third kappa shape index (κ3) is 4.04. The minimum absolute atomic E-state index is 0.0571. The Balaban J connectivity index is 1.33. The summed E-state index contributed by atoms with van der Waals surface area (Å²) in [6.45, 7) is 4.89. The van der Waals surface area contributed by atoms with Crippen LogP contribution >= 0.6 is 0 Å². The largest absolute Gasteiger partial charge is 0.373 e. The van der Waals surface area contributed by atoms with Crippen LogP contribution in [0.3, 0.4) is 0 Å². The molecule has 150 valence electrons. The molecule has 6 nitrogen and oxygen atoms in total. The molecule has 1 aromatic carbocycles. The minimum Gasteiger partial charge on any atom is -0.373 e. The molecule has 2 fully saturated rings. The molecule has 1 saturated heterocycles. The maximum absolute atomic E-state index is 13.3. The van der Waals surface area contributed by atoms with Crippen molar-refractivity contribution in [2.75, 3.05) is 26.2 Å². The molecule has 1 unspecified atom stereocenters. The second-order valence-electron chi connectivity index (χ2n) is 7.98. The van der Waals surface area contributed by atoms with Gasteiger partial charge in [-0.25, -0.2) is 9.18 Å². The van der Waals surface area contributed by atoms with Gasteiger partial charge in [0.15, 0.2) is 0 Å². The normalized spacial score (nSPS) is 21.2. The number of carbonyl (C=O) groups excluding carboxylic acids is 1. The van der Waals surface area contributed by atoms with Crippen LogP contribution in [-0.4, -0.2) is 53.1 Å². The van der Waals surface area contributed by atoms with Gasteiger partial charge in [0.25, 0.3) is 0 Å². The molecule has 1 N–H and O–H groups in total. The van der Waals surface area contributed by atoms with Crippen molar-refractivity contribution in [1.82, 2.24) is 20.0 Å². The molecule has 2 amide bonds. The molecule has 1 aliphatic heterocycles.